The number of aryl methyl sites for hydroxylation is 1. The molecule has 1 N–H and O–H groups in total. The van der Waals surface area contributed by atoms with Crippen LogP contribution in [0.3, 0.4) is 0 Å². The largest absolute Gasteiger partial charge is 0.481 e. The summed E-state index contributed by atoms with van der Waals surface area (Å²) in [5.41, 5.74) is 1.15. The second-order valence-corrected chi connectivity index (χ2v) is 5.43. The summed E-state index contributed by atoms with van der Waals surface area (Å²) < 4.78 is 0. The zero-order chi connectivity index (χ0) is 11.7. The molecule has 0 bridgehead atoms. The Balaban J connectivity index is 2.16. The Morgan fingerprint density at radius 1 is 1.56 bits per heavy atom. The highest BCUT2D eigenvalue weighted by Gasteiger charge is 2.29. The quantitative estimate of drug-likeness (QED) is 0.856. The van der Waals surface area contributed by atoms with Crippen molar-refractivity contribution in [2.75, 3.05) is 19.0 Å². The highest BCUT2D eigenvalue weighted by Crippen LogP contribution is 2.44. The van der Waals surface area contributed by atoms with E-state index >= 15 is 0 Å². The summed E-state index contributed by atoms with van der Waals surface area (Å²) in [6.45, 7) is 0. The summed E-state index contributed by atoms with van der Waals surface area (Å²) >= 11 is 1.63. The molecule has 0 unspecified atom stereocenters. The standard InChI is InChI=1S/C11H16N2O2S/c1-13(2)11-12-10(7-3-4-7)8(16-11)5-6-9(14)15/h7H,3-6H2,1-2H3,(H,14,15). The van der Waals surface area contributed by atoms with Crippen molar-refractivity contribution in [1.29, 1.82) is 0 Å². The molecule has 1 heterocycles. The van der Waals surface area contributed by atoms with Gasteiger partial charge in [-0.2, -0.15) is 0 Å². The maximum atomic E-state index is 10.6. The molecule has 2 rings (SSSR count). The first-order valence-electron chi connectivity index (χ1n) is 5.46. The van der Waals surface area contributed by atoms with Gasteiger partial charge in [-0.1, -0.05) is 0 Å². The number of rotatable bonds is 5. The van der Waals surface area contributed by atoms with Crippen LogP contribution in [0.1, 0.15) is 35.8 Å². The number of hydrogen-bond acceptors (Lipinski definition) is 4. The van der Waals surface area contributed by atoms with Crippen LogP contribution in [-0.2, 0) is 11.2 Å². The van der Waals surface area contributed by atoms with Crippen LogP contribution >= 0.6 is 11.3 Å². The number of anilines is 1. The number of thiazole rings is 1. The van der Waals surface area contributed by atoms with Gasteiger partial charge < -0.3 is 10.0 Å². The molecule has 0 radical (unpaired) electrons. The van der Waals surface area contributed by atoms with E-state index < -0.39 is 5.97 Å². The van der Waals surface area contributed by atoms with Crippen molar-refractivity contribution < 1.29 is 9.90 Å². The molecule has 1 aliphatic carbocycles. The molecule has 16 heavy (non-hydrogen) atoms. The average Bonchev–Trinajstić information content (AvgIpc) is 2.95. The fourth-order valence-electron chi connectivity index (χ4n) is 1.62. The van der Waals surface area contributed by atoms with Gasteiger partial charge in [-0.15, -0.1) is 11.3 Å². The Labute approximate surface area is 98.9 Å². The van der Waals surface area contributed by atoms with Crippen molar-refractivity contribution in [2.45, 2.75) is 31.6 Å². The van der Waals surface area contributed by atoms with Crippen LogP contribution in [0.25, 0.3) is 0 Å². The molecule has 1 aliphatic rings. The molecule has 0 saturated heterocycles. The van der Waals surface area contributed by atoms with Crippen molar-refractivity contribution in [3.8, 4) is 0 Å². The second-order valence-electron chi connectivity index (χ2n) is 4.37. The monoisotopic (exact) mass is 240 g/mol. The smallest absolute Gasteiger partial charge is 0.303 e. The second kappa shape index (κ2) is 4.41. The predicted octanol–water partition coefficient (Wildman–Crippen LogP) is 2.10. The molecule has 4 nitrogen and oxygen atoms in total. The van der Waals surface area contributed by atoms with Crippen LogP contribution in [0.15, 0.2) is 0 Å². The molecule has 1 aromatic heterocycles. The van der Waals surface area contributed by atoms with E-state index in [0.717, 1.165) is 15.7 Å². The Morgan fingerprint density at radius 3 is 2.75 bits per heavy atom. The number of carbonyl (C=O) groups is 1. The minimum Gasteiger partial charge on any atom is -0.481 e. The van der Waals surface area contributed by atoms with E-state index in [1.54, 1.807) is 11.3 Å². The number of carboxylic acids is 1. The molecular formula is C11H16N2O2S. The van der Waals surface area contributed by atoms with Gasteiger partial charge in [0.25, 0.3) is 0 Å². The summed E-state index contributed by atoms with van der Waals surface area (Å²) in [5.74, 6) is -0.143. The van der Waals surface area contributed by atoms with E-state index in [1.165, 1.54) is 12.8 Å². The Morgan fingerprint density at radius 2 is 2.25 bits per heavy atom. The van der Waals surface area contributed by atoms with Gasteiger partial charge in [0, 0.05) is 24.9 Å². The normalized spacial score (nSPS) is 15.1. The Bertz CT molecular complexity index is 397. The molecular weight excluding hydrogens is 224 g/mol. The van der Waals surface area contributed by atoms with Gasteiger partial charge in [-0.05, 0) is 19.3 Å². The zero-order valence-electron chi connectivity index (χ0n) is 9.56. The van der Waals surface area contributed by atoms with E-state index in [2.05, 4.69) is 4.98 Å². The summed E-state index contributed by atoms with van der Waals surface area (Å²) in [7, 11) is 3.94. The van der Waals surface area contributed by atoms with Crippen LogP contribution in [0, 0.1) is 0 Å². The lowest BCUT2D eigenvalue weighted by atomic mass is 10.2. The van der Waals surface area contributed by atoms with Gasteiger partial charge in [-0.3, -0.25) is 4.79 Å². The highest BCUT2D eigenvalue weighted by molar-refractivity contribution is 7.15. The van der Waals surface area contributed by atoms with E-state index in [9.17, 15) is 4.79 Å². The summed E-state index contributed by atoms with van der Waals surface area (Å²) in [6.07, 6.45) is 3.23. The molecule has 0 amide bonds. The summed E-state index contributed by atoms with van der Waals surface area (Å²) in [4.78, 5) is 18.3. The van der Waals surface area contributed by atoms with Crippen molar-refractivity contribution >= 4 is 22.4 Å². The van der Waals surface area contributed by atoms with E-state index in [4.69, 9.17) is 5.11 Å². The lowest BCUT2D eigenvalue weighted by Gasteiger charge is -2.05. The van der Waals surface area contributed by atoms with Crippen molar-refractivity contribution in [3.63, 3.8) is 0 Å². The van der Waals surface area contributed by atoms with Gasteiger partial charge in [0.2, 0.25) is 0 Å². The molecule has 88 valence electrons. The minimum absolute atomic E-state index is 0.203. The third-order valence-corrected chi connectivity index (χ3v) is 3.93. The maximum Gasteiger partial charge on any atom is 0.303 e. The summed E-state index contributed by atoms with van der Waals surface area (Å²) in [6, 6.07) is 0. The fourth-order valence-corrected chi connectivity index (χ4v) is 2.69. The molecule has 1 aromatic rings. The van der Waals surface area contributed by atoms with Crippen molar-refractivity contribution in [3.05, 3.63) is 10.6 Å². The first-order chi connectivity index (χ1) is 7.58. The van der Waals surface area contributed by atoms with E-state index in [-0.39, 0.29) is 6.42 Å². The SMILES string of the molecule is CN(C)c1nc(C2CC2)c(CCC(=O)O)s1. The topological polar surface area (TPSA) is 53.4 Å². The van der Waals surface area contributed by atoms with Crippen molar-refractivity contribution in [1.82, 2.24) is 4.98 Å². The fraction of sp³-hybridized carbons (Fsp3) is 0.636. The third kappa shape index (κ3) is 2.52. The van der Waals surface area contributed by atoms with Crippen LogP contribution in [-0.4, -0.2) is 30.2 Å². The third-order valence-electron chi connectivity index (χ3n) is 2.63. The van der Waals surface area contributed by atoms with Gasteiger partial charge in [-0.25, -0.2) is 4.98 Å². The van der Waals surface area contributed by atoms with Crippen LogP contribution < -0.4 is 4.90 Å². The average molecular weight is 240 g/mol. The minimum atomic E-state index is -0.735. The van der Waals surface area contributed by atoms with Crippen LogP contribution in [0.4, 0.5) is 5.13 Å². The van der Waals surface area contributed by atoms with Crippen molar-refractivity contribution in [2.24, 2.45) is 0 Å². The van der Waals surface area contributed by atoms with Gasteiger partial charge >= 0.3 is 5.97 Å². The van der Waals surface area contributed by atoms with Gasteiger partial charge in [0.15, 0.2) is 5.13 Å². The molecule has 1 saturated carbocycles. The number of aromatic nitrogens is 1. The highest BCUT2D eigenvalue weighted by atomic mass is 32.1. The van der Waals surface area contributed by atoms with Gasteiger partial charge in [0.1, 0.15) is 0 Å². The lowest BCUT2D eigenvalue weighted by Crippen LogP contribution is -2.07. The summed E-state index contributed by atoms with van der Waals surface area (Å²) in [5, 5.41) is 9.70. The molecule has 0 aliphatic heterocycles. The number of aliphatic carboxylic acids is 1. The van der Waals surface area contributed by atoms with E-state index in [0.29, 0.717) is 12.3 Å². The Kier molecular flexibility index (Phi) is 3.14. The first kappa shape index (κ1) is 11.4. The maximum absolute atomic E-state index is 10.6. The molecule has 1 fully saturated rings. The Hall–Kier alpha value is -1.10. The zero-order valence-corrected chi connectivity index (χ0v) is 10.4. The molecule has 5 heteroatoms. The molecule has 0 spiro atoms. The van der Waals surface area contributed by atoms with Crippen LogP contribution in [0.5, 0.6) is 0 Å². The number of nitrogens with zero attached hydrogens (tertiary/aromatic N) is 2. The van der Waals surface area contributed by atoms with Gasteiger partial charge in [0.05, 0.1) is 12.1 Å². The predicted molar refractivity (Wildman–Crippen MR) is 64.4 cm³/mol. The van der Waals surface area contributed by atoms with Crippen LogP contribution in [0.2, 0.25) is 0 Å². The molecule has 0 aromatic carbocycles. The number of hydrogen-bond donors (Lipinski definition) is 1. The number of carboxylic acid groups (broad SMARTS) is 1. The lowest BCUT2D eigenvalue weighted by molar-refractivity contribution is -0.136. The first-order valence-corrected chi connectivity index (χ1v) is 6.28. The van der Waals surface area contributed by atoms with E-state index in [1.807, 2.05) is 19.0 Å². The molecule has 0 atom stereocenters.